The first-order valence-electron chi connectivity index (χ1n) is 4.98. The minimum Gasteiger partial charge on any atom is -0.346 e. The Morgan fingerprint density at radius 2 is 2.27 bits per heavy atom. The van der Waals surface area contributed by atoms with Crippen molar-refractivity contribution in [1.82, 2.24) is 15.0 Å². The fourth-order valence-electron chi connectivity index (χ4n) is 1.31. The summed E-state index contributed by atoms with van der Waals surface area (Å²) in [6, 6.07) is 1.96. The van der Waals surface area contributed by atoms with Crippen molar-refractivity contribution in [2.24, 2.45) is 5.92 Å². The maximum absolute atomic E-state index is 4.18. The lowest BCUT2D eigenvalue weighted by Gasteiger charge is -2.01. The van der Waals surface area contributed by atoms with E-state index < -0.39 is 0 Å². The zero-order valence-corrected chi connectivity index (χ0v) is 8.86. The predicted molar refractivity (Wildman–Crippen MR) is 61.5 cm³/mol. The molecule has 0 aromatic carbocycles. The molecule has 15 heavy (non-hydrogen) atoms. The number of anilines is 1. The molecular weight excluding hydrogens is 188 g/mol. The standard InChI is InChI=1S/C11H14N4/c1-8(2)3-5-12-10-9-4-6-13-11(9)15-7-14-10/h3-8H,1-2H3,(H2,12,13,14,15)/b5-3-. The molecule has 2 N–H and O–H groups in total. The van der Waals surface area contributed by atoms with Crippen molar-refractivity contribution in [3.63, 3.8) is 0 Å². The molecule has 0 aliphatic carbocycles. The van der Waals surface area contributed by atoms with E-state index in [4.69, 9.17) is 0 Å². The molecule has 2 aromatic rings. The number of hydrogen-bond acceptors (Lipinski definition) is 3. The van der Waals surface area contributed by atoms with Gasteiger partial charge in [-0.3, -0.25) is 0 Å². The van der Waals surface area contributed by atoms with Gasteiger partial charge in [-0.25, -0.2) is 9.97 Å². The maximum atomic E-state index is 4.18. The molecule has 0 fully saturated rings. The summed E-state index contributed by atoms with van der Waals surface area (Å²) in [4.78, 5) is 11.3. The molecule has 78 valence electrons. The van der Waals surface area contributed by atoms with Gasteiger partial charge in [0.2, 0.25) is 0 Å². The predicted octanol–water partition coefficient (Wildman–Crippen LogP) is 2.54. The molecule has 2 heterocycles. The fraction of sp³-hybridized carbons (Fsp3) is 0.273. The number of fused-ring (bicyclic) bond motifs is 1. The molecule has 0 aliphatic heterocycles. The Hall–Kier alpha value is -1.84. The van der Waals surface area contributed by atoms with E-state index in [2.05, 4.69) is 40.2 Å². The molecule has 2 aromatic heterocycles. The highest BCUT2D eigenvalue weighted by Gasteiger charge is 2.01. The van der Waals surface area contributed by atoms with Crippen LogP contribution in [0.5, 0.6) is 0 Å². The van der Waals surface area contributed by atoms with E-state index in [1.54, 1.807) is 6.33 Å². The monoisotopic (exact) mass is 202 g/mol. The SMILES string of the molecule is CC(C)/C=C\Nc1ncnc2[nH]ccc12. The Balaban J connectivity index is 2.24. The number of aromatic amines is 1. The van der Waals surface area contributed by atoms with Gasteiger partial charge >= 0.3 is 0 Å². The van der Waals surface area contributed by atoms with Crippen molar-refractivity contribution in [3.8, 4) is 0 Å². The Morgan fingerprint density at radius 1 is 1.40 bits per heavy atom. The van der Waals surface area contributed by atoms with Gasteiger partial charge in [-0.1, -0.05) is 19.9 Å². The smallest absolute Gasteiger partial charge is 0.142 e. The molecule has 0 radical (unpaired) electrons. The summed E-state index contributed by atoms with van der Waals surface area (Å²) < 4.78 is 0. The van der Waals surface area contributed by atoms with Crippen molar-refractivity contribution in [2.75, 3.05) is 5.32 Å². The van der Waals surface area contributed by atoms with Crippen LogP contribution < -0.4 is 5.32 Å². The third-order valence-electron chi connectivity index (χ3n) is 2.06. The average Bonchev–Trinajstić information content (AvgIpc) is 2.65. The van der Waals surface area contributed by atoms with Crippen molar-refractivity contribution >= 4 is 16.9 Å². The van der Waals surface area contributed by atoms with Gasteiger partial charge in [0, 0.05) is 6.20 Å². The second kappa shape index (κ2) is 4.13. The zero-order valence-electron chi connectivity index (χ0n) is 8.86. The van der Waals surface area contributed by atoms with E-state index in [0.717, 1.165) is 16.9 Å². The second-order valence-electron chi connectivity index (χ2n) is 3.71. The number of allylic oxidation sites excluding steroid dienone is 1. The Morgan fingerprint density at radius 3 is 3.07 bits per heavy atom. The number of nitrogens with one attached hydrogen (secondary N) is 2. The number of rotatable bonds is 3. The quantitative estimate of drug-likeness (QED) is 0.804. The van der Waals surface area contributed by atoms with Gasteiger partial charge in [0.25, 0.3) is 0 Å². The lowest BCUT2D eigenvalue weighted by molar-refractivity contribution is 0.830. The van der Waals surface area contributed by atoms with Crippen LogP contribution in [-0.4, -0.2) is 15.0 Å². The molecule has 0 spiro atoms. The van der Waals surface area contributed by atoms with Crippen LogP contribution in [0.2, 0.25) is 0 Å². The summed E-state index contributed by atoms with van der Waals surface area (Å²) in [5, 5.41) is 4.16. The minimum absolute atomic E-state index is 0.529. The average molecular weight is 202 g/mol. The van der Waals surface area contributed by atoms with Gasteiger partial charge in [-0.15, -0.1) is 0 Å². The first kappa shape index (κ1) is 9.71. The number of nitrogens with zero attached hydrogens (tertiary/aromatic N) is 2. The first-order valence-corrected chi connectivity index (χ1v) is 4.98. The Kier molecular flexibility index (Phi) is 2.67. The van der Waals surface area contributed by atoms with Crippen molar-refractivity contribution < 1.29 is 0 Å². The van der Waals surface area contributed by atoms with Crippen LogP contribution in [-0.2, 0) is 0 Å². The molecule has 4 heteroatoms. The minimum atomic E-state index is 0.529. The van der Waals surface area contributed by atoms with Gasteiger partial charge in [-0.2, -0.15) is 0 Å². The van der Waals surface area contributed by atoms with Crippen LogP contribution in [0.15, 0.2) is 30.9 Å². The summed E-state index contributed by atoms with van der Waals surface area (Å²) in [6.45, 7) is 4.26. The third-order valence-corrected chi connectivity index (χ3v) is 2.06. The largest absolute Gasteiger partial charge is 0.346 e. The van der Waals surface area contributed by atoms with Crippen LogP contribution in [0.4, 0.5) is 5.82 Å². The molecule has 0 saturated heterocycles. The van der Waals surface area contributed by atoms with Crippen molar-refractivity contribution in [1.29, 1.82) is 0 Å². The van der Waals surface area contributed by atoms with E-state index in [1.165, 1.54) is 0 Å². The molecule has 0 atom stereocenters. The number of aromatic nitrogens is 3. The Labute approximate surface area is 88.4 Å². The van der Waals surface area contributed by atoms with Crippen LogP contribution in [0.3, 0.4) is 0 Å². The Bertz CT molecular complexity index is 470. The topological polar surface area (TPSA) is 53.6 Å². The summed E-state index contributed by atoms with van der Waals surface area (Å²) in [7, 11) is 0. The van der Waals surface area contributed by atoms with Gasteiger partial charge in [0.1, 0.15) is 17.8 Å². The molecule has 2 rings (SSSR count). The third kappa shape index (κ3) is 2.15. The van der Waals surface area contributed by atoms with Crippen LogP contribution in [0.25, 0.3) is 11.0 Å². The van der Waals surface area contributed by atoms with E-state index in [9.17, 15) is 0 Å². The van der Waals surface area contributed by atoms with Gasteiger partial charge in [-0.05, 0) is 18.2 Å². The van der Waals surface area contributed by atoms with Crippen molar-refractivity contribution in [2.45, 2.75) is 13.8 Å². The highest BCUT2D eigenvalue weighted by Crippen LogP contribution is 2.17. The van der Waals surface area contributed by atoms with E-state index >= 15 is 0 Å². The van der Waals surface area contributed by atoms with Gasteiger partial charge in [0.05, 0.1) is 5.39 Å². The van der Waals surface area contributed by atoms with Gasteiger partial charge < -0.3 is 10.3 Å². The van der Waals surface area contributed by atoms with E-state index in [-0.39, 0.29) is 0 Å². The van der Waals surface area contributed by atoms with E-state index in [1.807, 2.05) is 18.5 Å². The highest BCUT2D eigenvalue weighted by atomic mass is 15.0. The van der Waals surface area contributed by atoms with Crippen molar-refractivity contribution in [3.05, 3.63) is 30.9 Å². The molecule has 0 saturated carbocycles. The lowest BCUT2D eigenvalue weighted by atomic mass is 10.2. The first-order chi connectivity index (χ1) is 7.27. The van der Waals surface area contributed by atoms with E-state index in [0.29, 0.717) is 5.92 Å². The molecular formula is C11H14N4. The number of H-pyrrole nitrogens is 1. The fourth-order valence-corrected chi connectivity index (χ4v) is 1.31. The summed E-state index contributed by atoms with van der Waals surface area (Å²) in [5.74, 6) is 1.36. The second-order valence-corrected chi connectivity index (χ2v) is 3.71. The van der Waals surface area contributed by atoms with Crippen LogP contribution in [0.1, 0.15) is 13.8 Å². The molecule has 0 bridgehead atoms. The van der Waals surface area contributed by atoms with Gasteiger partial charge in [0.15, 0.2) is 0 Å². The summed E-state index contributed by atoms with van der Waals surface area (Å²) in [6.07, 6.45) is 7.40. The molecule has 0 aliphatic rings. The van der Waals surface area contributed by atoms with Crippen LogP contribution in [0, 0.1) is 5.92 Å². The molecule has 4 nitrogen and oxygen atoms in total. The maximum Gasteiger partial charge on any atom is 0.142 e. The summed E-state index contributed by atoms with van der Waals surface area (Å²) in [5.41, 5.74) is 0.852. The summed E-state index contributed by atoms with van der Waals surface area (Å²) >= 11 is 0. The zero-order chi connectivity index (χ0) is 10.7. The van der Waals surface area contributed by atoms with Crippen LogP contribution >= 0.6 is 0 Å². The molecule has 0 amide bonds. The number of hydrogen-bond donors (Lipinski definition) is 2. The normalized spacial score (nSPS) is 11.7. The lowest BCUT2D eigenvalue weighted by Crippen LogP contribution is -1.94. The highest BCUT2D eigenvalue weighted by molar-refractivity contribution is 5.86. The molecule has 0 unspecified atom stereocenters.